The van der Waals surface area contributed by atoms with Gasteiger partial charge in [-0.15, -0.1) is 0 Å². The Morgan fingerprint density at radius 1 is 1.23 bits per heavy atom. The van der Waals surface area contributed by atoms with Gasteiger partial charge in [0, 0.05) is 48.4 Å². The molecule has 6 rings (SSSR count). The summed E-state index contributed by atoms with van der Waals surface area (Å²) in [5, 5.41) is 0.433. The Kier molecular flexibility index (Phi) is 7.15. The molecule has 0 unspecified atom stereocenters. The second-order valence-electron chi connectivity index (χ2n) is 11.3. The molecule has 1 fully saturated rings. The first-order valence-corrected chi connectivity index (χ1v) is 14.4. The standard InChI is InChI=1S/C33H34FN5O4/c1-7-25(40)37-13-14-38(20(5)16-37)32-22-15-23(34)27-26-21(9-8-10-24(26)42-6)17-43-31(27)30(22)39(33(41)36-32)29-19(4)11-12-35-28(29)18(2)3/h7-12,15,18,20H,1,13-14,16-17H2,2-6H3/t20-/m0/s1. The monoisotopic (exact) mass is 583 g/mol. The van der Waals surface area contributed by atoms with Crippen molar-refractivity contribution < 1.29 is 18.7 Å². The summed E-state index contributed by atoms with van der Waals surface area (Å²) in [6.45, 7) is 12.9. The van der Waals surface area contributed by atoms with Crippen LogP contribution in [0.25, 0.3) is 27.7 Å². The van der Waals surface area contributed by atoms with Gasteiger partial charge in [-0.3, -0.25) is 14.3 Å². The molecule has 0 saturated carbocycles. The van der Waals surface area contributed by atoms with Crippen LogP contribution in [0.15, 0.2) is 54.0 Å². The van der Waals surface area contributed by atoms with Crippen molar-refractivity contribution in [3.05, 3.63) is 82.3 Å². The Morgan fingerprint density at radius 2 is 2.02 bits per heavy atom. The van der Waals surface area contributed by atoms with Crippen LogP contribution < -0.4 is 20.1 Å². The van der Waals surface area contributed by atoms with E-state index in [0.29, 0.717) is 53.4 Å². The van der Waals surface area contributed by atoms with E-state index in [4.69, 9.17) is 9.47 Å². The van der Waals surface area contributed by atoms with E-state index in [-0.39, 0.29) is 35.8 Å². The van der Waals surface area contributed by atoms with E-state index in [1.807, 2.05) is 50.8 Å². The molecule has 0 radical (unpaired) electrons. The number of methoxy groups -OCH3 is 1. The first-order valence-electron chi connectivity index (χ1n) is 14.4. The molecule has 1 amide bonds. The third-order valence-electron chi connectivity index (χ3n) is 8.33. The van der Waals surface area contributed by atoms with E-state index in [9.17, 15) is 9.59 Å². The number of rotatable bonds is 5. The molecule has 0 spiro atoms. The summed E-state index contributed by atoms with van der Waals surface area (Å²) in [5.74, 6) is 0.429. The molecule has 1 atom stereocenters. The minimum Gasteiger partial charge on any atom is -0.496 e. The van der Waals surface area contributed by atoms with Crippen molar-refractivity contribution in [2.24, 2.45) is 0 Å². The predicted molar refractivity (Wildman–Crippen MR) is 164 cm³/mol. The summed E-state index contributed by atoms with van der Waals surface area (Å²) < 4.78 is 30.0. The molecule has 43 heavy (non-hydrogen) atoms. The van der Waals surface area contributed by atoms with E-state index in [2.05, 4.69) is 16.5 Å². The summed E-state index contributed by atoms with van der Waals surface area (Å²) in [6, 6.07) is 8.59. The van der Waals surface area contributed by atoms with Crippen molar-refractivity contribution >= 4 is 22.6 Å². The lowest BCUT2D eigenvalue weighted by atomic mass is 9.93. The maximum absolute atomic E-state index is 16.4. The molecule has 4 aromatic rings. The zero-order chi connectivity index (χ0) is 30.6. The lowest BCUT2D eigenvalue weighted by Gasteiger charge is -2.40. The first-order chi connectivity index (χ1) is 20.7. The molecule has 9 nitrogen and oxygen atoms in total. The molecule has 1 saturated heterocycles. The van der Waals surface area contributed by atoms with E-state index < -0.39 is 11.5 Å². The van der Waals surface area contributed by atoms with Crippen molar-refractivity contribution in [1.82, 2.24) is 19.4 Å². The zero-order valence-corrected chi connectivity index (χ0v) is 25.0. The van der Waals surface area contributed by atoms with Gasteiger partial charge in [-0.2, -0.15) is 4.98 Å². The molecule has 2 aliphatic rings. The van der Waals surface area contributed by atoms with Crippen molar-refractivity contribution in [2.45, 2.75) is 46.3 Å². The molecule has 0 aliphatic carbocycles. The summed E-state index contributed by atoms with van der Waals surface area (Å²) >= 11 is 0. The number of hydrogen-bond acceptors (Lipinski definition) is 7. The van der Waals surface area contributed by atoms with Gasteiger partial charge in [0.05, 0.1) is 24.1 Å². The molecule has 0 N–H and O–H groups in total. The van der Waals surface area contributed by atoms with Crippen LogP contribution in [0.5, 0.6) is 11.5 Å². The highest BCUT2D eigenvalue weighted by atomic mass is 19.1. The smallest absolute Gasteiger partial charge is 0.354 e. The van der Waals surface area contributed by atoms with Crippen LogP contribution in [-0.2, 0) is 11.4 Å². The normalized spacial score (nSPS) is 16.1. The van der Waals surface area contributed by atoms with Crippen molar-refractivity contribution in [1.29, 1.82) is 0 Å². The molecule has 10 heteroatoms. The molecule has 4 heterocycles. The lowest BCUT2D eigenvalue weighted by molar-refractivity contribution is -0.126. The highest BCUT2D eigenvalue weighted by Crippen LogP contribution is 2.49. The van der Waals surface area contributed by atoms with Crippen LogP contribution in [0, 0.1) is 12.7 Å². The molecule has 2 aromatic carbocycles. The Balaban J connectivity index is 1.70. The van der Waals surface area contributed by atoms with Crippen LogP contribution in [-0.4, -0.2) is 58.1 Å². The molecule has 0 bridgehead atoms. The van der Waals surface area contributed by atoms with Gasteiger partial charge in [-0.25, -0.2) is 9.18 Å². The second kappa shape index (κ2) is 10.8. The number of hydrogen-bond donors (Lipinski definition) is 0. The maximum Gasteiger partial charge on any atom is 0.354 e. The van der Waals surface area contributed by atoms with Gasteiger partial charge in [0.1, 0.15) is 29.5 Å². The molecular weight excluding hydrogens is 549 g/mol. The molecule has 2 aliphatic heterocycles. The Morgan fingerprint density at radius 3 is 2.72 bits per heavy atom. The van der Waals surface area contributed by atoms with Gasteiger partial charge in [-0.1, -0.05) is 32.6 Å². The summed E-state index contributed by atoms with van der Waals surface area (Å²) in [6.07, 6.45) is 3.02. The van der Waals surface area contributed by atoms with Crippen molar-refractivity contribution in [3.8, 4) is 28.3 Å². The highest BCUT2D eigenvalue weighted by molar-refractivity contribution is 6.01. The third-order valence-corrected chi connectivity index (χ3v) is 8.33. The van der Waals surface area contributed by atoms with Crippen LogP contribution in [0.4, 0.5) is 10.2 Å². The lowest BCUT2D eigenvalue weighted by Crippen LogP contribution is -2.54. The number of carbonyl (C=O) groups is 1. The highest BCUT2D eigenvalue weighted by Gasteiger charge is 2.34. The van der Waals surface area contributed by atoms with E-state index in [1.54, 1.807) is 24.3 Å². The van der Waals surface area contributed by atoms with Crippen molar-refractivity contribution in [2.75, 3.05) is 31.6 Å². The van der Waals surface area contributed by atoms with Gasteiger partial charge in [-0.05, 0) is 49.6 Å². The van der Waals surface area contributed by atoms with Crippen LogP contribution in [0.1, 0.15) is 43.5 Å². The van der Waals surface area contributed by atoms with Crippen LogP contribution in [0.3, 0.4) is 0 Å². The van der Waals surface area contributed by atoms with E-state index >= 15 is 4.39 Å². The number of fused-ring (bicyclic) bond motifs is 5. The molecule has 2 aromatic heterocycles. The number of piperazine rings is 1. The second-order valence-corrected chi connectivity index (χ2v) is 11.3. The maximum atomic E-state index is 16.4. The number of aryl methyl sites for hydroxylation is 1. The van der Waals surface area contributed by atoms with E-state index in [1.165, 1.54) is 16.7 Å². The molecular formula is C33H34FN5O4. The summed E-state index contributed by atoms with van der Waals surface area (Å²) in [7, 11) is 1.55. The zero-order valence-electron chi connectivity index (χ0n) is 25.0. The number of carbonyl (C=O) groups excluding carboxylic acids is 1. The van der Waals surface area contributed by atoms with Gasteiger partial charge in [0.2, 0.25) is 5.91 Å². The minimum atomic E-state index is -0.527. The number of ether oxygens (including phenoxy) is 2. The number of aromatic nitrogens is 3. The predicted octanol–water partition coefficient (Wildman–Crippen LogP) is 5.14. The number of anilines is 1. The Bertz CT molecular complexity index is 1840. The average molecular weight is 584 g/mol. The van der Waals surface area contributed by atoms with Gasteiger partial charge < -0.3 is 19.3 Å². The minimum absolute atomic E-state index is 0.00923. The Hall–Kier alpha value is -4.73. The summed E-state index contributed by atoms with van der Waals surface area (Å²) in [4.78, 5) is 39.5. The summed E-state index contributed by atoms with van der Waals surface area (Å²) in [5.41, 5.74) is 3.65. The number of benzene rings is 2. The largest absolute Gasteiger partial charge is 0.496 e. The SMILES string of the molecule is C=CC(=O)N1CCN(c2nc(=O)n(-c3c(C)ccnc3C(C)C)c3c4c(c(F)cc23)-c2c(cccc2OC)CO4)[C@@H](C)C1. The topological polar surface area (TPSA) is 89.8 Å². The fraction of sp³-hybridized carbons (Fsp3) is 0.333. The third kappa shape index (κ3) is 4.52. The average Bonchev–Trinajstić information content (AvgIpc) is 3.00. The van der Waals surface area contributed by atoms with Crippen molar-refractivity contribution in [3.63, 3.8) is 0 Å². The van der Waals surface area contributed by atoms with Gasteiger partial charge in [0.25, 0.3) is 0 Å². The van der Waals surface area contributed by atoms with Gasteiger partial charge >= 0.3 is 5.69 Å². The van der Waals surface area contributed by atoms with Gasteiger partial charge in [0.15, 0.2) is 5.75 Å². The van der Waals surface area contributed by atoms with Crippen LogP contribution >= 0.6 is 0 Å². The quantitative estimate of drug-likeness (QED) is 0.301. The van der Waals surface area contributed by atoms with E-state index in [0.717, 1.165) is 16.8 Å². The first kappa shape index (κ1) is 28.4. The Labute approximate surface area is 249 Å². The fourth-order valence-electron chi connectivity index (χ4n) is 6.29. The van der Waals surface area contributed by atoms with Crippen LogP contribution in [0.2, 0.25) is 0 Å². The number of amides is 1. The number of halogens is 1. The fourth-order valence-corrected chi connectivity index (χ4v) is 6.29. The number of nitrogens with zero attached hydrogens (tertiary/aromatic N) is 5. The molecule has 222 valence electrons. The number of pyridine rings is 1.